The fourth-order valence-corrected chi connectivity index (χ4v) is 4.65. The summed E-state index contributed by atoms with van der Waals surface area (Å²) in [4.78, 5) is 12.5. The molecule has 0 aliphatic heterocycles. The summed E-state index contributed by atoms with van der Waals surface area (Å²) in [5, 5.41) is 9.65. The van der Waals surface area contributed by atoms with Crippen LogP contribution in [0.4, 0.5) is 13.2 Å². The van der Waals surface area contributed by atoms with Crippen molar-refractivity contribution in [2.24, 2.45) is 0 Å². The van der Waals surface area contributed by atoms with Gasteiger partial charge in [0, 0.05) is 5.56 Å². The van der Waals surface area contributed by atoms with Crippen LogP contribution in [0.15, 0.2) is 67.3 Å². The number of esters is 1. The van der Waals surface area contributed by atoms with Gasteiger partial charge in [0.1, 0.15) is 12.7 Å². The molecule has 1 aliphatic rings. The van der Waals surface area contributed by atoms with Crippen LogP contribution in [-0.2, 0) is 4.74 Å². The summed E-state index contributed by atoms with van der Waals surface area (Å²) in [6.07, 6.45) is 2.49. The third kappa shape index (κ3) is 6.05. The van der Waals surface area contributed by atoms with E-state index in [1.54, 1.807) is 43.3 Å². The van der Waals surface area contributed by atoms with Gasteiger partial charge in [-0.25, -0.2) is 18.0 Å². The van der Waals surface area contributed by atoms with E-state index < -0.39 is 29.5 Å². The Morgan fingerprint density at radius 3 is 2.35 bits per heavy atom. The predicted octanol–water partition coefficient (Wildman–Crippen LogP) is 7.27. The van der Waals surface area contributed by atoms with Crippen LogP contribution < -0.4 is 4.74 Å². The van der Waals surface area contributed by atoms with E-state index in [0.29, 0.717) is 42.4 Å². The molecule has 7 heteroatoms. The fourth-order valence-electron chi connectivity index (χ4n) is 4.65. The average Bonchev–Trinajstić information content (AvgIpc) is 2.90. The number of hydrogen-bond acceptors (Lipinski definition) is 4. The highest BCUT2D eigenvalue weighted by molar-refractivity contribution is 5.89. The van der Waals surface area contributed by atoms with Crippen LogP contribution in [0, 0.1) is 17.5 Å². The van der Waals surface area contributed by atoms with E-state index in [1.807, 2.05) is 0 Å². The number of carbonyl (C=O) groups excluding carboxylic acids is 1. The van der Waals surface area contributed by atoms with Crippen molar-refractivity contribution < 1.29 is 32.5 Å². The number of benzene rings is 3. The van der Waals surface area contributed by atoms with Gasteiger partial charge in [-0.05, 0) is 73.4 Å². The molecule has 1 atom stereocenters. The third-order valence-electron chi connectivity index (χ3n) is 6.73. The lowest BCUT2D eigenvalue weighted by Gasteiger charge is -2.29. The number of halogens is 3. The molecule has 0 saturated heterocycles. The second-order valence-corrected chi connectivity index (χ2v) is 9.25. The molecule has 3 aromatic rings. The van der Waals surface area contributed by atoms with Gasteiger partial charge < -0.3 is 14.6 Å². The molecular formula is C30H29F3O4. The molecule has 0 heterocycles. The van der Waals surface area contributed by atoms with Gasteiger partial charge >= 0.3 is 5.97 Å². The van der Waals surface area contributed by atoms with Crippen LogP contribution in [0.2, 0.25) is 0 Å². The number of aliphatic hydroxyl groups is 1. The van der Waals surface area contributed by atoms with Crippen molar-refractivity contribution in [3.05, 3.63) is 101 Å². The Bertz CT molecular complexity index is 1260. The minimum Gasteiger partial charge on any atom is -0.486 e. The molecule has 37 heavy (non-hydrogen) atoms. The standard InChI is InChI=1S/C30H29F3O4/c1-3-16-36-27-15-10-22(17-26(27)31)30(35)37-23-11-8-21(9-12-23)25-14-13-24(28(32)29(25)33)20-6-4-19(5-7-20)18(2)34/h3-7,10,13-15,17-18,21,23,34H,1,8-9,11-12,16H2,2H3. The Morgan fingerprint density at radius 1 is 1.03 bits per heavy atom. The smallest absolute Gasteiger partial charge is 0.338 e. The molecule has 194 valence electrons. The summed E-state index contributed by atoms with van der Waals surface area (Å²) < 4.78 is 54.9. The molecule has 0 radical (unpaired) electrons. The molecule has 0 spiro atoms. The van der Waals surface area contributed by atoms with Crippen molar-refractivity contribution >= 4 is 5.97 Å². The number of ether oxygens (including phenoxy) is 2. The summed E-state index contributed by atoms with van der Waals surface area (Å²) >= 11 is 0. The number of hydrogen-bond donors (Lipinski definition) is 1. The first-order valence-electron chi connectivity index (χ1n) is 12.3. The van der Waals surface area contributed by atoms with E-state index >= 15 is 4.39 Å². The van der Waals surface area contributed by atoms with Crippen LogP contribution in [0.1, 0.15) is 66.1 Å². The summed E-state index contributed by atoms with van der Waals surface area (Å²) in [5.74, 6) is -3.25. The Hall–Kier alpha value is -3.58. The van der Waals surface area contributed by atoms with Crippen LogP contribution in [0.5, 0.6) is 5.75 Å². The second kappa shape index (κ2) is 11.6. The van der Waals surface area contributed by atoms with Crippen LogP contribution in [0.3, 0.4) is 0 Å². The molecule has 1 unspecified atom stereocenters. The van der Waals surface area contributed by atoms with E-state index in [0.717, 1.165) is 6.07 Å². The van der Waals surface area contributed by atoms with Crippen LogP contribution in [0.25, 0.3) is 11.1 Å². The van der Waals surface area contributed by atoms with Crippen LogP contribution >= 0.6 is 0 Å². The highest BCUT2D eigenvalue weighted by atomic mass is 19.2. The molecule has 1 aliphatic carbocycles. The Kier molecular flexibility index (Phi) is 8.34. The zero-order valence-corrected chi connectivity index (χ0v) is 20.6. The monoisotopic (exact) mass is 510 g/mol. The zero-order valence-electron chi connectivity index (χ0n) is 20.6. The number of aliphatic hydroxyl groups excluding tert-OH is 1. The van der Waals surface area contributed by atoms with Gasteiger partial charge in [0.25, 0.3) is 0 Å². The van der Waals surface area contributed by atoms with Crippen molar-refractivity contribution in [3.63, 3.8) is 0 Å². The van der Waals surface area contributed by atoms with Crippen molar-refractivity contribution in [2.45, 2.75) is 50.7 Å². The van der Waals surface area contributed by atoms with Gasteiger partial charge in [0.05, 0.1) is 11.7 Å². The van der Waals surface area contributed by atoms with E-state index in [9.17, 15) is 18.7 Å². The normalized spacial score (nSPS) is 18.2. The second-order valence-electron chi connectivity index (χ2n) is 9.25. The lowest BCUT2D eigenvalue weighted by Crippen LogP contribution is -2.24. The molecule has 4 nitrogen and oxygen atoms in total. The maximum Gasteiger partial charge on any atom is 0.338 e. The van der Waals surface area contributed by atoms with E-state index in [2.05, 4.69) is 6.58 Å². The SMILES string of the molecule is C=CCOc1ccc(C(=O)OC2CCC(c3ccc(-c4ccc(C(C)O)cc4)c(F)c3F)CC2)cc1F. The quantitative estimate of drug-likeness (QED) is 0.256. The molecular weight excluding hydrogens is 481 g/mol. The first kappa shape index (κ1) is 26.5. The molecule has 0 aromatic heterocycles. The van der Waals surface area contributed by atoms with Gasteiger partial charge in [0.15, 0.2) is 23.2 Å². The first-order valence-corrected chi connectivity index (χ1v) is 12.3. The average molecular weight is 511 g/mol. The Morgan fingerprint density at radius 2 is 1.73 bits per heavy atom. The van der Waals surface area contributed by atoms with Gasteiger partial charge in [-0.15, -0.1) is 0 Å². The van der Waals surface area contributed by atoms with E-state index in [-0.39, 0.29) is 35.5 Å². The summed E-state index contributed by atoms with van der Waals surface area (Å²) in [6, 6.07) is 13.8. The molecule has 0 amide bonds. The van der Waals surface area contributed by atoms with Crippen molar-refractivity contribution in [1.29, 1.82) is 0 Å². The summed E-state index contributed by atoms with van der Waals surface area (Å²) in [7, 11) is 0. The molecule has 3 aromatic carbocycles. The minimum atomic E-state index is -0.904. The zero-order chi connectivity index (χ0) is 26.5. The highest BCUT2D eigenvalue weighted by Gasteiger charge is 2.29. The lowest BCUT2D eigenvalue weighted by molar-refractivity contribution is 0.0193. The van der Waals surface area contributed by atoms with Gasteiger partial charge in [-0.2, -0.15) is 0 Å². The van der Waals surface area contributed by atoms with Crippen molar-refractivity contribution in [1.82, 2.24) is 0 Å². The first-order chi connectivity index (χ1) is 17.8. The minimum absolute atomic E-state index is 0.0222. The van der Waals surface area contributed by atoms with Crippen LogP contribution in [-0.4, -0.2) is 23.8 Å². The van der Waals surface area contributed by atoms with Gasteiger partial charge in [0.2, 0.25) is 0 Å². The number of carbonyl (C=O) groups is 1. The molecule has 1 N–H and O–H groups in total. The highest BCUT2D eigenvalue weighted by Crippen LogP contribution is 2.38. The molecule has 4 rings (SSSR count). The van der Waals surface area contributed by atoms with E-state index in [1.165, 1.54) is 18.2 Å². The lowest BCUT2D eigenvalue weighted by atomic mass is 9.82. The topological polar surface area (TPSA) is 55.8 Å². The maximum atomic E-state index is 15.1. The predicted molar refractivity (Wildman–Crippen MR) is 135 cm³/mol. The van der Waals surface area contributed by atoms with Gasteiger partial charge in [-0.3, -0.25) is 0 Å². The molecule has 0 bridgehead atoms. The summed E-state index contributed by atoms with van der Waals surface area (Å²) in [5.41, 5.74) is 1.77. The Balaban J connectivity index is 1.38. The van der Waals surface area contributed by atoms with Crippen molar-refractivity contribution in [3.8, 4) is 16.9 Å². The third-order valence-corrected chi connectivity index (χ3v) is 6.73. The Labute approximate surface area is 214 Å². The maximum absolute atomic E-state index is 15.1. The summed E-state index contributed by atoms with van der Waals surface area (Å²) in [6.45, 7) is 5.29. The largest absolute Gasteiger partial charge is 0.486 e. The fraction of sp³-hybridized carbons (Fsp3) is 0.300. The molecule has 1 saturated carbocycles. The van der Waals surface area contributed by atoms with Gasteiger partial charge in [-0.1, -0.05) is 49.1 Å². The molecule has 1 fully saturated rings. The van der Waals surface area contributed by atoms with Crippen molar-refractivity contribution in [2.75, 3.05) is 6.61 Å². The number of rotatable bonds is 8. The van der Waals surface area contributed by atoms with E-state index in [4.69, 9.17) is 9.47 Å².